The second-order valence-electron chi connectivity index (χ2n) is 6.93. The predicted molar refractivity (Wildman–Crippen MR) is 112 cm³/mol. The fraction of sp³-hybridized carbons (Fsp3) is 0.579. The van der Waals surface area contributed by atoms with Crippen LogP contribution in [0.4, 0.5) is 0 Å². The topological polar surface area (TPSA) is 82.8 Å². The van der Waals surface area contributed by atoms with Gasteiger partial charge in [0.2, 0.25) is 5.91 Å². The van der Waals surface area contributed by atoms with Gasteiger partial charge in [0.05, 0.1) is 12.0 Å². The number of likely N-dealkylation sites (tertiary alicyclic amines) is 1. The number of hydrogen-bond donors (Lipinski definition) is 3. The van der Waals surface area contributed by atoms with Gasteiger partial charge in [0, 0.05) is 30.2 Å². The van der Waals surface area contributed by atoms with Crippen molar-refractivity contribution in [1.29, 1.82) is 0 Å². The summed E-state index contributed by atoms with van der Waals surface area (Å²) in [5, 5.41) is 7.92. The Kier molecular flexibility index (Phi) is 8.67. The number of amides is 1. The van der Waals surface area contributed by atoms with E-state index in [1.807, 2.05) is 19.1 Å². The van der Waals surface area contributed by atoms with Crippen LogP contribution in [0.1, 0.15) is 37.8 Å². The average molecular weight is 414 g/mol. The highest BCUT2D eigenvalue weighted by atomic mass is 35.5. The van der Waals surface area contributed by atoms with Crippen LogP contribution < -0.4 is 16.4 Å². The molecule has 0 aromatic heterocycles. The summed E-state index contributed by atoms with van der Waals surface area (Å²) in [5.41, 5.74) is 6.40. The lowest BCUT2D eigenvalue weighted by molar-refractivity contribution is -0.123. The first-order valence-electron chi connectivity index (χ1n) is 9.34. The first kappa shape index (κ1) is 21.8. The van der Waals surface area contributed by atoms with E-state index in [0.29, 0.717) is 10.0 Å². The molecule has 8 heteroatoms. The standard InChI is InChI=1S/C19H29Cl2N5O/c1-13(16-7-6-15(20)11-17(16)21)25-19(23-2)24-8-4-10-26-9-3-5-14(12-26)18(22)27/h6-7,11,13-14H,3-5,8-10,12H2,1-2H3,(H2,22,27)(H2,23,24,25). The van der Waals surface area contributed by atoms with Crippen molar-refractivity contribution in [3.8, 4) is 0 Å². The molecule has 6 nitrogen and oxygen atoms in total. The lowest BCUT2D eigenvalue weighted by Crippen LogP contribution is -2.43. The van der Waals surface area contributed by atoms with E-state index >= 15 is 0 Å². The van der Waals surface area contributed by atoms with Gasteiger partial charge in [-0.05, 0) is 57.0 Å². The summed E-state index contributed by atoms with van der Waals surface area (Å²) in [6.07, 6.45) is 2.90. The molecule has 1 aliphatic rings. The number of carbonyl (C=O) groups excluding carboxylic acids is 1. The molecule has 2 unspecified atom stereocenters. The molecule has 1 heterocycles. The summed E-state index contributed by atoms with van der Waals surface area (Å²) in [6, 6.07) is 5.49. The largest absolute Gasteiger partial charge is 0.369 e. The SMILES string of the molecule is CN=C(NCCCN1CCCC(C(N)=O)C1)NC(C)c1ccc(Cl)cc1Cl. The van der Waals surface area contributed by atoms with Crippen molar-refractivity contribution >= 4 is 35.1 Å². The third-order valence-electron chi connectivity index (χ3n) is 4.86. The summed E-state index contributed by atoms with van der Waals surface area (Å²) < 4.78 is 0. The number of nitrogens with two attached hydrogens (primary N) is 1. The number of halogens is 2. The van der Waals surface area contributed by atoms with Gasteiger partial charge in [-0.25, -0.2) is 0 Å². The molecule has 1 aromatic rings. The number of nitrogens with one attached hydrogen (secondary N) is 2. The Morgan fingerprint density at radius 3 is 2.89 bits per heavy atom. The van der Waals surface area contributed by atoms with E-state index in [2.05, 4.69) is 20.5 Å². The molecule has 1 saturated heterocycles. The van der Waals surface area contributed by atoms with Gasteiger partial charge in [0.15, 0.2) is 5.96 Å². The van der Waals surface area contributed by atoms with E-state index in [9.17, 15) is 4.79 Å². The van der Waals surface area contributed by atoms with Crippen LogP contribution in [0.5, 0.6) is 0 Å². The van der Waals surface area contributed by atoms with Gasteiger partial charge in [-0.2, -0.15) is 0 Å². The number of rotatable bonds is 7. The lowest BCUT2D eigenvalue weighted by atomic mass is 9.97. The number of primary amides is 1. The minimum Gasteiger partial charge on any atom is -0.369 e. The molecule has 0 radical (unpaired) electrons. The average Bonchev–Trinajstić information content (AvgIpc) is 2.64. The second kappa shape index (κ2) is 10.7. The Labute approximate surface area is 171 Å². The van der Waals surface area contributed by atoms with Crippen molar-refractivity contribution in [2.24, 2.45) is 16.6 Å². The smallest absolute Gasteiger partial charge is 0.221 e. The molecule has 1 aliphatic heterocycles. The number of aliphatic imine (C=N–C) groups is 1. The van der Waals surface area contributed by atoms with Crippen LogP contribution in [0, 0.1) is 5.92 Å². The quantitative estimate of drug-likeness (QED) is 0.364. The van der Waals surface area contributed by atoms with E-state index in [1.165, 1.54) is 0 Å². The fourth-order valence-electron chi connectivity index (χ4n) is 3.33. The molecule has 0 aliphatic carbocycles. The molecule has 1 aromatic carbocycles. The van der Waals surface area contributed by atoms with E-state index < -0.39 is 0 Å². The van der Waals surface area contributed by atoms with Gasteiger partial charge in [0.25, 0.3) is 0 Å². The van der Waals surface area contributed by atoms with Crippen molar-refractivity contribution in [3.05, 3.63) is 33.8 Å². The summed E-state index contributed by atoms with van der Waals surface area (Å²) in [4.78, 5) is 17.9. The van der Waals surface area contributed by atoms with Crippen LogP contribution in [0.3, 0.4) is 0 Å². The summed E-state index contributed by atoms with van der Waals surface area (Å²) in [6.45, 7) is 5.56. The van der Waals surface area contributed by atoms with Gasteiger partial charge < -0.3 is 21.3 Å². The lowest BCUT2D eigenvalue weighted by Gasteiger charge is -2.31. The molecule has 2 rings (SSSR count). The second-order valence-corrected chi connectivity index (χ2v) is 7.77. The number of carbonyl (C=O) groups is 1. The van der Waals surface area contributed by atoms with Gasteiger partial charge in [-0.3, -0.25) is 9.79 Å². The fourth-order valence-corrected chi connectivity index (χ4v) is 3.90. The zero-order chi connectivity index (χ0) is 19.8. The normalized spacial score (nSPS) is 19.6. The number of guanidine groups is 1. The molecular weight excluding hydrogens is 385 g/mol. The number of piperidine rings is 1. The minimum absolute atomic E-state index is 0.000569. The van der Waals surface area contributed by atoms with E-state index in [-0.39, 0.29) is 17.9 Å². The van der Waals surface area contributed by atoms with Crippen LogP contribution in [-0.2, 0) is 4.79 Å². The van der Waals surface area contributed by atoms with E-state index in [0.717, 1.165) is 57.0 Å². The third-order valence-corrected chi connectivity index (χ3v) is 5.42. The van der Waals surface area contributed by atoms with Gasteiger partial charge in [-0.1, -0.05) is 29.3 Å². The van der Waals surface area contributed by atoms with Crippen molar-refractivity contribution in [1.82, 2.24) is 15.5 Å². The van der Waals surface area contributed by atoms with Crippen molar-refractivity contribution < 1.29 is 4.79 Å². The Balaban J connectivity index is 1.74. The van der Waals surface area contributed by atoms with Crippen molar-refractivity contribution in [2.75, 3.05) is 33.2 Å². The maximum atomic E-state index is 11.4. The predicted octanol–water partition coefficient (Wildman–Crippen LogP) is 2.81. The third kappa shape index (κ3) is 6.87. The van der Waals surface area contributed by atoms with E-state index in [1.54, 1.807) is 13.1 Å². The van der Waals surface area contributed by atoms with Crippen LogP contribution in [0.25, 0.3) is 0 Å². The van der Waals surface area contributed by atoms with Gasteiger partial charge >= 0.3 is 0 Å². The first-order chi connectivity index (χ1) is 12.9. The molecule has 2 atom stereocenters. The Morgan fingerprint density at radius 2 is 2.22 bits per heavy atom. The molecule has 150 valence electrons. The van der Waals surface area contributed by atoms with Crippen LogP contribution in [0.15, 0.2) is 23.2 Å². The molecular formula is C19H29Cl2N5O. The summed E-state index contributed by atoms with van der Waals surface area (Å²) >= 11 is 12.2. The Bertz CT molecular complexity index is 668. The van der Waals surface area contributed by atoms with Gasteiger partial charge in [-0.15, -0.1) is 0 Å². The van der Waals surface area contributed by atoms with Crippen molar-refractivity contribution in [3.63, 3.8) is 0 Å². The van der Waals surface area contributed by atoms with Gasteiger partial charge in [0.1, 0.15) is 0 Å². The highest BCUT2D eigenvalue weighted by molar-refractivity contribution is 6.35. The maximum Gasteiger partial charge on any atom is 0.221 e. The highest BCUT2D eigenvalue weighted by Gasteiger charge is 2.23. The van der Waals surface area contributed by atoms with Crippen LogP contribution >= 0.6 is 23.2 Å². The van der Waals surface area contributed by atoms with Crippen LogP contribution in [0.2, 0.25) is 10.0 Å². The zero-order valence-corrected chi connectivity index (χ0v) is 17.5. The molecule has 0 saturated carbocycles. The maximum absolute atomic E-state index is 11.4. The Hall–Kier alpha value is -1.50. The Morgan fingerprint density at radius 1 is 1.44 bits per heavy atom. The molecule has 4 N–H and O–H groups in total. The molecule has 1 fully saturated rings. The number of benzene rings is 1. The zero-order valence-electron chi connectivity index (χ0n) is 16.0. The number of hydrogen-bond acceptors (Lipinski definition) is 3. The van der Waals surface area contributed by atoms with Crippen LogP contribution in [-0.4, -0.2) is 50.0 Å². The minimum atomic E-state index is -0.183. The molecule has 0 bridgehead atoms. The highest BCUT2D eigenvalue weighted by Crippen LogP contribution is 2.26. The molecule has 27 heavy (non-hydrogen) atoms. The first-order valence-corrected chi connectivity index (χ1v) is 10.1. The summed E-state index contributed by atoms with van der Waals surface area (Å²) in [5.74, 6) is 0.533. The summed E-state index contributed by atoms with van der Waals surface area (Å²) in [7, 11) is 1.74. The monoisotopic (exact) mass is 413 g/mol. The molecule has 0 spiro atoms. The van der Waals surface area contributed by atoms with E-state index in [4.69, 9.17) is 28.9 Å². The molecule has 1 amide bonds. The number of nitrogens with zero attached hydrogens (tertiary/aromatic N) is 2. The van der Waals surface area contributed by atoms with Crippen molar-refractivity contribution in [2.45, 2.75) is 32.2 Å².